The summed E-state index contributed by atoms with van der Waals surface area (Å²) < 4.78 is 43.7. The van der Waals surface area contributed by atoms with Crippen LogP contribution in [0, 0.1) is 23.6 Å². The van der Waals surface area contributed by atoms with Crippen molar-refractivity contribution in [1.82, 2.24) is 0 Å². The van der Waals surface area contributed by atoms with Gasteiger partial charge in [0.1, 0.15) is 17.3 Å². The Morgan fingerprint density at radius 2 is 1.58 bits per heavy atom. The van der Waals surface area contributed by atoms with Gasteiger partial charge in [0.15, 0.2) is 0 Å². The molecule has 0 radical (unpaired) electrons. The average molecular weight is 360 g/mol. The van der Waals surface area contributed by atoms with Crippen molar-refractivity contribution in [3.8, 4) is 0 Å². The third kappa shape index (κ3) is 3.50. The van der Waals surface area contributed by atoms with Crippen molar-refractivity contribution in [2.24, 2.45) is 17.8 Å². The molecule has 4 rings (SSSR count). The van der Waals surface area contributed by atoms with Crippen LogP contribution in [0.15, 0.2) is 42.2 Å². The zero-order valence-electron chi connectivity index (χ0n) is 15.2. The molecule has 3 heteroatoms. The number of halogens is 3. The summed E-state index contributed by atoms with van der Waals surface area (Å²) in [6, 6.07) is 5.86. The topological polar surface area (TPSA) is 0 Å². The third-order valence-electron chi connectivity index (χ3n) is 6.90. The summed E-state index contributed by atoms with van der Waals surface area (Å²) in [6.45, 7) is 0. The quantitative estimate of drug-likeness (QED) is 0.536. The molecule has 0 nitrogen and oxygen atoms in total. The first-order valence-electron chi connectivity index (χ1n) is 10.1. The van der Waals surface area contributed by atoms with E-state index in [1.807, 2.05) is 0 Å². The van der Waals surface area contributed by atoms with Gasteiger partial charge in [-0.3, -0.25) is 0 Å². The summed E-state index contributed by atoms with van der Waals surface area (Å²) in [5, 5.41) is 0. The highest BCUT2D eigenvalue weighted by molar-refractivity contribution is 5.77. The second-order valence-electron chi connectivity index (χ2n) is 8.42. The molecule has 0 bridgehead atoms. The van der Waals surface area contributed by atoms with E-state index in [-0.39, 0.29) is 12.3 Å². The van der Waals surface area contributed by atoms with E-state index >= 15 is 4.39 Å². The molecule has 0 N–H and O–H groups in total. The first-order valence-corrected chi connectivity index (χ1v) is 10.1. The van der Waals surface area contributed by atoms with Gasteiger partial charge in [0.25, 0.3) is 0 Å². The highest BCUT2D eigenvalue weighted by Crippen LogP contribution is 2.48. The SMILES string of the molecule is FC1=C(c2cccc(F)c2)C=CC(F)(C2CCC(C3CCCC3)CC2)C1. The van der Waals surface area contributed by atoms with E-state index in [0.29, 0.717) is 11.1 Å². The Balaban J connectivity index is 1.43. The van der Waals surface area contributed by atoms with Crippen LogP contribution in [0.1, 0.15) is 63.4 Å². The first-order chi connectivity index (χ1) is 12.5. The Hall–Kier alpha value is -1.51. The molecule has 3 aliphatic carbocycles. The molecule has 0 spiro atoms. The van der Waals surface area contributed by atoms with E-state index in [0.717, 1.165) is 37.5 Å². The Morgan fingerprint density at radius 3 is 2.23 bits per heavy atom. The van der Waals surface area contributed by atoms with Crippen LogP contribution in [-0.2, 0) is 0 Å². The Labute approximate surface area is 154 Å². The van der Waals surface area contributed by atoms with Gasteiger partial charge in [-0.05, 0) is 67.2 Å². The largest absolute Gasteiger partial charge is 0.239 e. The molecule has 0 heterocycles. The molecular weight excluding hydrogens is 333 g/mol. The van der Waals surface area contributed by atoms with Gasteiger partial charge >= 0.3 is 0 Å². The minimum atomic E-state index is -1.60. The molecule has 2 saturated carbocycles. The van der Waals surface area contributed by atoms with Gasteiger partial charge in [0.05, 0.1) is 0 Å². The minimum absolute atomic E-state index is 0.101. The van der Waals surface area contributed by atoms with Crippen LogP contribution < -0.4 is 0 Å². The van der Waals surface area contributed by atoms with Crippen LogP contribution >= 0.6 is 0 Å². The molecule has 0 aromatic heterocycles. The van der Waals surface area contributed by atoms with Gasteiger partial charge in [0, 0.05) is 12.0 Å². The molecule has 26 heavy (non-hydrogen) atoms. The lowest BCUT2D eigenvalue weighted by Crippen LogP contribution is -2.36. The fraction of sp³-hybridized carbons (Fsp3) is 0.565. The summed E-state index contributed by atoms with van der Waals surface area (Å²) in [7, 11) is 0. The molecule has 1 atom stereocenters. The van der Waals surface area contributed by atoms with Gasteiger partial charge < -0.3 is 0 Å². The normalized spacial score (nSPS) is 33.0. The molecule has 0 saturated heterocycles. The predicted molar refractivity (Wildman–Crippen MR) is 99.4 cm³/mol. The van der Waals surface area contributed by atoms with Crippen molar-refractivity contribution < 1.29 is 13.2 Å². The van der Waals surface area contributed by atoms with Crippen LogP contribution in [0.3, 0.4) is 0 Å². The van der Waals surface area contributed by atoms with Gasteiger partial charge in [-0.25, -0.2) is 13.2 Å². The number of hydrogen-bond acceptors (Lipinski definition) is 0. The van der Waals surface area contributed by atoms with Gasteiger partial charge in [-0.2, -0.15) is 0 Å². The molecule has 2 fully saturated rings. The van der Waals surface area contributed by atoms with E-state index < -0.39 is 17.3 Å². The summed E-state index contributed by atoms with van der Waals surface area (Å²) in [4.78, 5) is 0. The Morgan fingerprint density at radius 1 is 0.885 bits per heavy atom. The maximum absolute atomic E-state index is 15.5. The lowest BCUT2D eigenvalue weighted by molar-refractivity contribution is 0.0722. The van der Waals surface area contributed by atoms with Crippen LogP contribution in [0.5, 0.6) is 0 Å². The molecule has 1 aromatic carbocycles. The second-order valence-corrected chi connectivity index (χ2v) is 8.42. The van der Waals surface area contributed by atoms with Crippen molar-refractivity contribution in [2.75, 3.05) is 0 Å². The van der Waals surface area contributed by atoms with E-state index in [1.165, 1.54) is 50.0 Å². The van der Waals surface area contributed by atoms with Crippen molar-refractivity contribution in [1.29, 1.82) is 0 Å². The zero-order chi connectivity index (χ0) is 18.1. The fourth-order valence-electron chi connectivity index (χ4n) is 5.39. The number of benzene rings is 1. The fourth-order valence-corrected chi connectivity index (χ4v) is 5.39. The number of rotatable bonds is 3. The summed E-state index contributed by atoms with van der Waals surface area (Å²) in [5.74, 6) is 0.617. The second kappa shape index (κ2) is 7.25. The smallest absolute Gasteiger partial charge is 0.138 e. The van der Waals surface area contributed by atoms with Crippen LogP contribution in [0.2, 0.25) is 0 Å². The van der Waals surface area contributed by atoms with Gasteiger partial charge in [-0.1, -0.05) is 43.9 Å². The molecule has 1 unspecified atom stereocenters. The molecule has 140 valence electrons. The highest BCUT2D eigenvalue weighted by Gasteiger charge is 2.43. The lowest BCUT2D eigenvalue weighted by atomic mass is 9.68. The monoisotopic (exact) mass is 360 g/mol. The van der Waals surface area contributed by atoms with Crippen LogP contribution in [0.4, 0.5) is 13.2 Å². The van der Waals surface area contributed by atoms with Crippen molar-refractivity contribution in [3.63, 3.8) is 0 Å². The molecule has 3 aliphatic rings. The van der Waals surface area contributed by atoms with E-state index in [4.69, 9.17) is 0 Å². The predicted octanol–water partition coefficient (Wildman–Crippen LogP) is 7.17. The first kappa shape index (κ1) is 17.9. The molecule has 1 aromatic rings. The summed E-state index contributed by atoms with van der Waals surface area (Å²) >= 11 is 0. The maximum atomic E-state index is 15.5. The van der Waals surface area contributed by atoms with Crippen LogP contribution in [-0.4, -0.2) is 5.67 Å². The highest BCUT2D eigenvalue weighted by atomic mass is 19.2. The van der Waals surface area contributed by atoms with Gasteiger partial charge in [-0.15, -0.1) is 0 Å². The maximum Gasteiger partial charge on any atom is 0.138 e. The standard InChI is InChI=1S/C23H27F3/c24-20-7-3-6-18(14-20)21-12-13-23(26,15-22(21)25)19-10-8-17(9-11-19)16-4-1-2-5-16/h3,6-7,12-14,16-17,19H,1-2,4-5,8-11,15H2. The summed E-state index contributed by atoms with van der Waals surface area (Å²) in [6.07, 6.45) is 12.1. The van der Waals surface area contributed by atoms with Crippen LogP contribution in [0.25, 0.3) is 5.57 Å². The van der Waals surface area contributed by atoms with E-state index in [9.17, 15) is 8.78 Å². The van der Waals surface area contributed by atoms with E-state index in [1.54, 1.807) is 12.1 Å². The zero-order valence-corrected chi connectivity index (χ0v) is 15.2. The summed E-state index contributed by atoms with van der Waals surface area (Å²) in [5.41, 5.74) is -0.801. The third-order valence-corrected chi connectivity index (χ3v) is 6.90. The molecule has 0 amide bonds. The number of allylic oxidation sites excluding steroid dienone is 4. The average Bonchev–Trinajstić information content (AvgIpc) is 3.16. The van der Waals surface area contributed by atoms with Gasteiger partial charge in [0.2, 0.25) is 0 Å². The minimum Gasteiger partial charge on any atom is -0.239 e. The van der Waals surface area contributed by atoms with Crippen molar-refractivity contribution in [2.45, 2.75) is 63.5 Å². The Kier molecular flexibility index (Phi) is 4.98. The number of hydrogen-bond donors (Lipinski definition) is 0. The molecular formula is C23H27F3. The van der Waals surface area contributed by atoms with Crippen molar-refractivity contribution in [3.05, 3.63) is 53.6 Å². The lowest BCUT2D eigenvalue weighted by Gasteiger charge is -2.39. The van der Waals surface area contributed by atoms with E-state index in [2.05, 4.69) is 0 Å². The van der Waals surface area contributed by atoms with Crippen molar-refractivity contribution >= 4 is 5.57 Å². The number of alkyl halides is 1. The Bertz CT molecular complexity index is 706. The molecule has 0 aliphatic heterocycles.